The number of aliphatic hydroxyl groups is 1. The molecule has 4 aliphatic rings. The van der Waals surface area contributed by atoms with Crippen LogP contribution < -0.4 is 22.4 Å². The summed E-state index contributed by atoms with van der Waals surface area (Å²) in [5.41, 5.74) is 9.24. The van der Waals surface area contributed by atoms with Gasteiger partial charge in [-0.15, -0.1) is 0 Å². The molecule has 5 rings (SSSR count). The van der Waals surface area contributed by atoms with Gasteiger partial charge in [-0.1, -0.05) is 26.7 Å². The second-order valence-corrected chi connectivity index (χ2v) is 16.8. The van der Waals surface area contributed by atoms with Gasteiger partial charge in [-0.25, -0.2) is 9.59 Å². The first-order valence-electron chi connectivity index (χ1n) is 19.8. The Hall–Kier alpha value is -3.94. The third kappa shape index (κ3) is 8.95. The van der Waals surface area contributed by atoms with Crippen molar-refractivity contribution in [3.8, 4) is 0 Å². The predicted octanol–water partition coefficient (Wildman–Crippen LogP) is 4.30. The van der Waals surface area contributed by atoms with Crippen LogP contribution in [-0.2, 0) is 28.7 Å². The monoisotopic (exact) mass is 756 g/mol. The van der Waals surface area contributed by atoms with Gasteiger partial charge in [0.25, 0.3) is 0 Å². The summed E-state index contributed by atoms with van der Waals surface area (Å²) in [6.07, 6.45) is 11.0. The highest BCUT2D eigenvalue weighted by atomic mass is 16.5. The summed E-state index contributed by atoms with van der Waals surface area (Å²) in [7, 11) is 0. The first-order valence-corrected chi connectivity index (χ1v) is 19.8. The number of unbranched alkanes of at least 4 members (excludes halogenated alkanes) is 3. The zero-order valence-electron chi connectivity index (χ0n) is 32.1. The number of nitrogens with zero attached hydrogens (tertiary/aromatic N) is 1. The van der Waals surface area contributed by atoms with E-state index in [9.17, 15) is 34.2 Å². The van der Waals surface area contributed by atoms with Crippen LogP contribution in [0, 0.1) is 28.6 Å². The highest BCUT2D eigenvalue weighted by molar-refractivity contribution is 5.83. The molecule has 4 fully saturated rings. The number of fused-ring (bicyclic) bond motifs is 5. The summed E-state index contributed by atoms with van der Waals surface area (Å²) < 4.78 is 17.1. The van der Waals surface area contributed by atoms with E-state index < -0.39 is 40.7 Å². The third-order valence-corrected chi connectivity index (χ3v) is 13.6. The number of guanidine groups is 1. The van der Waals surface area contributed by atoms with Crippen molar-refractivity contribution >= 4 is 29.8 Å². The molecule has 0 bridgehead atoms. The molecular formula is C40H60N4O10. The number of hydrogen-bond donors (Lipinski definition) is 5. The molecule has 1 heterocycles. The number of aliphatic carboxylic acids is 1. The minimum absolute atomic E-state index is 0.0121. The fourth-order valence-electron chi connectivity index (χ4n) is 10.9. The van der Waals surface area contributed by atoms with E-state index in [2.05, 4.69) is 24.2 Å². The molecule has 0 spiro atoms. The fourth-order valence-corrected chi connectivity index (χ4v) is 10.9. The topological polar surface area (TPSA) is 234 Å². The van der Waals surface area contributed by atoms with E-state index in [1.165, 1.54) is 19.3 Å². The Morgan fingerprint density at radius 2 is 1.72 bits per heavy atom. The quantitative estimate of drug-likeness (QED) is 0.0688. The van der Waals surface area contributed by atoms with Crippen molar-refractivity contribution in [1.82, 2.24) is 5.32 Å². The number of ether oxygens (including phenoxy) is 2. The van der Waals surface area contributed by atoms with Gasteiger partial charge in [0, 0.05) is 50.1 Å². The van der Waals surface area contributed by atoms with E-state index in [0.717, 1.165) is 63.4 Å². The molecule has 1 aromatic rings. The van der Waals surface area contributed by atoms with E-state index in [1.54, 1.807) is 6.07 Å². The molecule has 10 atom stereocenters. The molecule has 0 unspecified atom stereocenters. The number of esters is 2. The Balaban J connectivity index is 1.07. The summed E-state index contributed by atoms with van der Waals surface area (Å²) in [5, 5.41) is 24.7. The molecule has 0 radical (unpaired) electrons. The van der Waals surface area contributed by atoms with Crippen molar-refractivity contribution in [1.29, 1.82) is 0 Å². The SMILES string of the molecule is CC(=O)O[C@@H]1C[C@]2(O)[C@@H]3CC[C@@H]4C[C@@H](OC(=O)CCCCCCC(=O)N[C@@H](CCCN=C(N)N)C(=O)O)CC[C@]4(C)[C@H]3CC[C@]2(C)[C@H]1c1ccc(=O)oc1. The number of hydrogen-bond acceptors (Lipinski definition) is 10. The number of nitrogens with one attached hydrogen (secondary N) is 1. The van der Waals surface area contributed by atoms with Crippen LogP contribution in [0.1, 0.15) is 135 Å². The highest BCUT2D eigenvalue weighted by Gasteiger charge is 2.70. The smallest absolute Gasteiger partial charge is 0.335 e. The molecule has 1 amide bonds. The van der Waals surface area contributed by atoms with E-state index in [0.29, 0.717) is 44.6 Å². The van der Waals surface area contributed by atoms with Crippen LogP contribution >= 0.6 is 0 Å². The van der Waals surface area contributed by atoms with Crippen molar-refractivity contribution in [3.63, 3.8) is 0 Å². The Labute approximate surface area is 317 Å². The number of nitrogens with two attached hydrogens (primary N) is 2. The highest BCUT2D eigenvalue weighted by Crippen LogP contribution is 2.71. The van der Waals surface area contributed by atoms with Gasteiger partial charge < -0.3 is 40.9 Å². The lowest BCUT2D eigenvalue weighted by Gasteiger charge is -2.63. The molecule has 14 nitrogen and oxygen atoms in total. The molecule has 7 N–H and O–H groups in total. The summed E-state index contributed by atoms with van der Waals surface area (Å²) in [4.78, 5) is 64.5. The summed E-state index contributed by atoms with van der Waals surface area (Å²) in [5.74, 6) is -1.69. The zero-order valence-corrected chi connectivity index (χ0v) is 32.1. The van der Waals surface area contributed by atoms with E-state index in [-0.39, 0.29) is 60.0 Å². The lowest BCUT2D eigenvalue weighted by atomic mass is 9.43. The Bertz CT molecular complexity index is 1590. The van der Waals surface area contributed by atoms with E-state index in [1.807, 2.05) is 0 Å². The standard InChI is InChI=1S/C40H60N4O10/c1-24(45)53-31-22-40(51)29-14-13-26-21-27(16-18-38(26,2)28(29)17-19-39(40,3)35(31)25-12-15-33(47)52-23-25)54-34(48)11-7-5-4-6-10-32(46)44-30(36(49)50)9-8-20-43-37(41)42/h12,15,23,26-31,35,51H,4-11,13-14,16-22H2,1-3H3,(H,44,46)(H,49,50)(H4,41,42,43)/t26-,27+,28+,29-,30+,31-,35+,38+,39-,40+/m1/s1. The maximum atomic E-state index is 12.9. The lowest BCUT2D eigenvalue weighted by molar-refractivity contribution is -0.207. The van der Waals surface area contributed by atoms with Gasteiger partial charge in [-0.2, -0.15) is 0 Å². The largest absolute Gasteiger partial charge is 0.480 e. The summed E-state index contributed by atoms with van der Waals surface area (Å²) >= 11 is 0. The van der Waals surface area contributed by atoms with Crippen molar-refractivity contribution < 1.29 is 43.3 Å². The molecule has 4 aliphatic carbocycles. The van der Waals surface area contributed by atoms with Gasteiger partial charge in [-0.3, -0.25) is 19.4 Å². The summed E-state index contributed by atoms with van der Waals surface area (Å²) in [6.45, 7) is 6.16. The summed E-state index contributed by atoms with van der Waals surface area (Å²) in [6, 6.07) is 2.13. The minimum Gasteiger partial charge on any atom is -0.480 e. The Morgan fingerprint density at radius 3 is 2.39 bits per heavy atom. The number of carbonyl (C=O) groups excluding carboxylic acids is 3. The van der Waals surface area contributed by atoms with Crippen LogP contribution in [0.25, 0.3) is 0 Å². The molecule has 14 heteroatoms. The first kappa shape index (κ1) is 41.2. The molecule has 300 valence electrons. The fraction of sp³-hybridized carbons (Fsp3) is 0.750. The number of aliphatic imine (C=N–C) groups is 1. The average molecular weight is 757 g/mol. The molecule has 0 saturated heterocycles. The molecule has 0 aromatic carbocycles. The van der Waals surface area contributed by atoms with Crippen molar-refractivity contribution in [2.75, 3.05) is 6.54 Å². The maximum absolute atomic E-state index is 12.9. The van der Waals surface area contributed by atoms with E-state index in [4.69, 9.17) is 25.4 Å². The number of carbonyl (C=O) groups is 4. The van der Waals surface area contributed by atoms with Gasteiger partial charge >= 0.3 is 23.5 Å². The molecule has 1 aromatic heterocycles. The normalized spacial score (nSPS) is 33.3. The van der Waals surface area contributed by atoms with Crippen molar-refractivity contribution in [2.45, 2.75) is 153 Å². The number of carboxylic acid groups (broad SMARTS) is 1. The van der Waals surface area contributed by atoms with Crippen LogP contribution in [0.3, 0.4) is 0 Å². The Kier molecular flexibility index (Phi) is 13.2. The zero-order chi connectivity index (χ0) is 39.3. The number of amides is 1. The van der Waals surface area contributed by atoms with E-state index >= 15 is 0 Å². The van der Waals surface area contributed by atoms with Crippen molar-refractivity contribution in [3.05, 3.63) is 34.4 Å². The third-order valence-electron chi connectivity index (χ3n) is 13.6. The van der Waals surface area contributed by atoms with Gasteiger partial charge in [-0.05, 0) is 105 Å². The van der Waals surface area contributed by atoms with Crippen LogP contribution in [0.4, 0.5) is 0 Å². The molecule has 4 saturated carbocycles. The average Bonchev–Trinajstić information content (AvgIpc) is 3.33. The maximum Gasteiger partial charge on any atom is 0.335 e. The van der Waals surface area contributed by atoms with Gasteiger partial charge in [0.1, 0.15) is 18.2 Å². The molecule has 0 aliphatic heterocycles. The van der Waals surface area contributed by atoms with Crippen LogP contribution in [0.5, 0.6) is 0 Å². The van der Waals surface area contributed by atoms with Crippen LogP contribution in [-0.4, -0.2) is 70.4 Å². The predicted molar refractivity (Wildman–Crippen MR) is 199 cm³/mol. The van der Waals surface area contributed by atoms with Gasteiger partial charge in [0.05, 0.1) is 11.9 Å². The second kappa shape index (κ2) is 17.2. The number of rotatable bonds is 16. The lowest BCUT2D eigenvalue weighted by Crippen LogP contribution is -2.62. The molecule has 54 heavy (non-hydrogen) atoms. The van der Waals surface area contributed by atoms with Gasteiger partial charge in [0.2, 0.25) is 5.91 Å². The minimum atomic E-state index is -1.10. The van der Waals surface area contributed by atoms with Gasteiger partial charge in [0.15, 0.2) is 5.96 Å². The van der Waals surface area contributed by atoms with Crippen LogP contribution in [0.15, 0.2) is 32.6 Å². The Morgan fingerprint density at radius 1 is 0.981 bits per heavy atom. The van der Waals surface area contributed by atoms with Crippen LogP contribution in [0.2, 0.25) is 0 Å². The number of carboxylic acids is 1. The molecular weight excluding hydrogens is 696 g/mol. The first-order chi connectivity index (χ1) is 25.6. The second-order valence-electron chi connectivity index (χ2n) is 16.8. The van der Waals surface area contributed by atoms with Crippen molar-refractivity contribution in [2.24, 2.45) is 45.0 Å².